The minimum Gasteiger partial charge on any atom is -0.481 e. The van der Waals surface area contributed by atoms with E-state index in [1.54, 1.807) is 0 Å². The third-order valence-corrected chi connectivity index (χ3v) is 3.17. The fourth-order valence-electron chi connectivity index (χ4n) is 2.25. The molecule has 2 rings (SSSR count). The van der Waals surface area contributed by atoms with Gasteiger partial charge >= 0.3 is 5.97 Å². The lowest BCUT2D eigenvalue weighted by atomic mass is 9.84. The highest BCUT2D eigenvalue weighted by atomic mass is 16.5. The lowest BCUT2D eigenvalue weighted by molar-refractivity contribution is -0.143. The van der Waals surface area contributed by atoms with E-state index in [1.165, 1.54) is 0 Å². The molecule has 15 heavy (non-hydrogen) atoms. The first kappa shape index (κ1) is 10.5. The highest BCUT2D eigenvalue weighted by Crippen LogP contribution is 2.33. The van der Waals surface area contributed by atoms with Gasteiger partial charge in [0, 0.05) is 5.92 Å². The number of hydrogen-bond donors (Lipinski definition) is 1. The molecule has 0 aromatic carbocycles. The molecule has 0 aromatic rings. The van der Waals surface area contributed by atoms with E-state index >= 15 is 0 Å². The molecule has 0 spiro atoms. The molecule has 0 amide bonds. The van der Waals surface area contributed by atoms with Crippen LogP contribution in [-0.4, -0.2) is 29.1 Å². The molecule has 1 N–H and O–H groups in total. The summed E-state index contributed by atoms with van der Waals surface area (Å²) in [5.74, 6) is 0.165. The predicted molar refractivity (Wildman–Crippen MR) is 55.9 cm³/mol. The van der Waals surface area contributed by atoms with Gasteiger partial charge in [0.15, 0.2) is 5.90 Å². The van der Waals surface area contributed by atoms with E-state index in [0.29, 0.717) is 12.3 Å². The van der Waals surface area contributed by atoms with E-state index in [1.807, 2.05) is 13.8 Å². The van der Waals surface area contributed by atoms with E-state index in [2.05, 4.69) is 4.99 Å². The molecule has 1 aliphatic carbocycles. The van der Waals surface area contributed by atoms with E-state index < -0.39 is 5.97 Å². The molecule has 1 saturated carbocycles. The largest absolute Gasteiger partial charge is 0.481 e. The van der Waals surface area contributed by atoms with Gasteiger partial charge in [-0.05, 0) is 19.3 Å². The number of hydrogen-bond acceptors (Lipinski definition) is 3. The van der Waals surface area contributed by atoms with Crippen molar-refractivity contribution in [1.29, 1.82) is 0 Å². The maximum atomic E-state index is 10.9. The van der Waals surface area contributed by atoms with Crippen LogP contribution in [0.5, 0.6) is 0 Å². The number of aliphatic imine (C=N–C) groups is 1. The van der Waals surface area contributed by atoms with Crippen molar-refractivity contribution in [3.8, 4) is 0 Å². The van der Waals surface area contributed by atoms with Crippen LogP contribution in [0.25, 0.3) is 0 Å². The van der Waals surface area contributed by atoms with Gasteiger partial charge in [0.25, 0.3) is 0 Å². The second-order valence-electron chi connectivity index (χ2n) is 4.69. The predicted octanol–water partition coefficient (Wildman–Crippen LogP) is 1.69. The fourth-order valence-corrected chi connectivity index (χ4v) is 2.25. The highest BCUT2D eigenvalue weighted by molar-refractivity contribution is 5.80. The van der Waals surface area contributed by atoms with Gasteiger partial charge < -0.3 is 9.84 Å². The van der Waals surface area contributed by atoms with Crippen LogP contribution in [0.4, 0.5) is 0 Å². The molecule has 3 atom stereocenters. The van der Waals surface area contributed by atoms with Crippen LogP contribution in [0.1, 0.15) is 33.1 Å². The number of fused-ring (bicyclic) bond motifs is 1. The number of ether oxygens (including phenoxy) is 1. The second kappa shape index (κ2) is 3.83. The van der Waals surface area contributed by atoms with Crippen LogP contribution >= 0.6 is 0 Å². The summed E-state index contributed by atoms with van der Waals surface area (Å²) in [5.41, 5.74) is 0. The van der Waals surface area contributed by atoms with E-state index in [-0.39, 0.29) is 18.1 Å². The second-order valence-corrected chi connectivity index (χ2v) is 4.69. The lowest BCUT2D eigenvalue weighted by Crippen LogP contribution is -2.34. The molecule has 1 aliphatic heterocycles. The quantitative estimate of drug-likeness (QED) is 0.756. The lowest BCUT2D eigenvalue weighted by Gasteiger charge is -2.27. The summed E-state index contributed by atoms with van der Waals surface area (Å²) in [6.45, 7) is 4.09. The third-order valence-electron chi connectivity index (χ3n) is 3.17. The van der Waals surface area contributed by atoms with Crippen molar-refractivity contribution in [3.63, 3.8) is 0 Å². The minimum atomic E-state index is -0.699. The molecule has 0 aromatic heterocycles. The molecule has 1 fully saturated rings. The summed E-state index contributed by atoms with van der Waals surface area (Å²) < 4.78 is 5.69. The molecule has 84 valence electrons. The third kappa shape index (κ3) is 1.98. The Morgan fingerprint density at radius 1 is 1.53 bits per heavy atom. The monoisotopic (exact) mass is 211 g/mol. The van der Waals surface area contributed by atoms with Gasteiger partial charge in [0.2, 0.25) is 0 Å². The van der Waals surface area contributed by atoms with Gasteiger partial charge in [0.05, 0.1) is 12.0 Å². The van der Waals surface area contributed by atoms with E-state index in [0.717, 1.165) is 18.7 Å². The first-order valence-corrected chi connectivity index (χ1v) is 5.55. The van der Waals surface area contributed by atoms with Crippen molar-refractivity contribution < 1.29 is 14.6 Å². The van der Waals surface area contributed by atoms with Crippen LogP contribution in [0.15, 0.2) is 4.99 Å². The number of rotatable bonds is 2. The standard InChI is InChI=1S/C11H17NO3/c1-6(2)10-12-8-4-3-7(11(13)14)5-9(8)15-10/h6-9H,3-5H2,1-2H3,(H,13,14). The highest BCUT2D eigenvalue weighted by Gasteiger charge is 2.39. The molecule has 2 aliphatic rings. The Morgan fingerprint density at radius 2 is 2.27 bits per heavy atom. The van der Waals surface area contributed by atoms with Crippen molar-refractivity contribution in [2.45, 2.75) is 45.3 Å². The number of nitrogens with zero attached hydrogens (tertiary/aromatic N) is 1. The normalized spacial score (nSPS) is 34.6. The average Bonchev–Trinajstić information content (AvgIpc) is 2.59. The average molecular weight is 211 g/mol. The van der Waals surface area contributed by atoms with Gasteiger partial charge in [-0.1, -0.05) is 13.8 Å². The maximum Gasteiger partial charge on any atom is 0.306 e. The molecule has 4 heteroatoms. The first-order chi connectivity index (χ1) is 7.08. The van der Waals surface area contributed by atoms with Gasteiger partial charge in [0.1, 0.15) is 6.10 Å². The Kier molecular flexibility index (Phi) is 2.67. The summed E-state index contributed by atoms with van der Waals surface area (Å²) >= 11 is 0. The number of carbonyl (C=O) groups is 1. The molecule has 4 nitrogen and oxygen atoms in total. The Labute approximate surface area is 89.3 Å². The zero-order valence-electron chi connectivity index (χ0n) is 9.14. The van der Waals surface area contributed by atoms with Gasteiger partial charge in [-0.15, -0.1) is 0 Å². The van der Waals surface area contributed by atoms with Gasteiger partial charge in [-0.25, -0.2) is 4.99 Å². The summed E-state index contributed by atoms with van der Waals surface area (Å²) in [6, 6.07) is 0.206. The SMILES string of the molecule is CC(C)C1=NC2CCC(C(=O)O)CC2O1. The Morgan fingerprint density at radius 3 is 2.87 bits per heavy atom. The van der Waals surface area contributed by atoms with Crippen molar-refractivity contribution in [1.82, 2.24) is 0 Å². The smallest absolute Gasteiger partial charge is 0.306 e. The van der Waals surface area contributed by atoms with Gasteiger partial charge in [-0.2, -0.15) is 0 Å². The zero-order chi connectivity index (χ0) is 11.0. The molecular weight excluding hydrogens is 194 g/mol. The maximum absolute atomic E-state index is 10.9. The van der Waals surface area contributed by atoms with Crippen molar-refractivity contribution in [3.05, 3.63) is 0 Å². The van der Waals surface area contributed by atoms with Crippen LogP contribution < -0.4 is 0 Å². The molecule has 0 saturated heterocycles. The summed E-state index contributed by atoms with van der Waals surface area (Å²) in [6.07, 6.45) is 2.20. The topological polar surface area (TPSA) is 58.9 Å². The van der Waals surface area contributed by atoms with Crippen LogP contribution in [0.3, 0.4) is 0 Å². The molecule has 0 bridgehead atoms. The Bertz CT molecular complexity index is 298. The van der Waals surface area contributed by atoms with Gasteiger partial charge in [-0.3, -0.25) is 4.79 Å². The number of carboxylic acids is 1. The summed E-state index contributed by atoms with van der Waals surface area (Å²) in [7, 11) is 0. The van der Waals surface area contributed by atoms with Crippen molar-refractivity contribution in [2.24, 2.45) is 16.8 Å². The zero-order valence-corrected chi connectivity index (χ0v) is 9.14. The Balaban J connectivity index is 2.00. The molecular formula is C11H17NO3. The van der Waals surface area contributed by atoms with Crippen LogP contribution in [0, 0.1) is 11.8 Å². The van der Waals surface area contributed by atoms with Crippen molar-refractivity contribution >= 4 is 11.9 Å². The van der Waals surface area contributed by atoms with Crippen LogP contribution in [-0.2, 0) is 9.53 Å². The fraction of sp³-hybridized carbons (Fsp3) is 0.818. The molecule has 1 heterocycles. The summed E-state index contributed by atoms with van der Waals surface area (Å²) in [4.78, 5) is 15.4. The van der Waals surface area contributed by atoms with Crippen LogP contribution in [0.2, 0.25) is 0 Å². The van der Waals surface area contributed by atoms with E-state index in [9.17, 15) is 4.79 Å². The van der Waals surface area contributed by atoms with E-state index in [4.69, 9.17) is 9.84 Å². The molecule has 3 unspecified atom stereocenters. The summed E-state index contributed by atoms with van der Waals surface area (Å²) in [5, 5.41) is 8.94. The molecule has 0 radical (unpaired) electrons. The number of carboxylic acid groups (broad SMARTS) is 1. The first-order valence-electron chi connectivity index (χ1n) is 5.55. The van der Waals surface area contributed by atoms with Crippen molar-refractivity contribution in [2.75, 3.05) is 0 Å². The Hall–Kier alpha value is -1.06. The minimum absolute atomic E-state index is 0.0113. The number of aliphatic carboxylic acids is 1.